The van der Waals surface area contributed by atoms with Gasteiger partial charge in [0, 0.05) is 55.0 Å². The predicted octanol–water partition coefficient (Wildman–Crippen LogP) is 1.42. The van der Waals surface area contributed by atoms with Crippen LogP contribution >= 0.6 is 11.3 Å². The van der Waals surface area contributed by atoms with Gasteiger partial charge in [0.1, 0.15) is 24.4 Å². The van der Waals surface area contributed by atoms with Crippen molar-refractivity contribution < 1.29 is 58.0 Å². The highest BCUT2D eigenvalue weighted by Gasteiger charge is 2.45. The SMILES string of the molecule is Cc1ncsc1-c1ccc(CNC(=O)[C@@H]2C[C@@H](O)CN2C(=O)C(C(C)C)N2Cc3ccccc3C2=O)c(OCCOCCOCCOCCOCCOCCn2cc(B(O)O)cn2)c1. The topological polar surface area (TPSA) is 216 Å². The standard InChI is InChI=1S/C44H59BN6O12S/c1-30(2)40(51-26-34-6-4-5-7-37(34)43(51)54)44(55)50-28-36(52)23-38(50)42(53)46-24-33-9-8-32(41-31(3)47-29-64-41)22-39(33)63-21-20-62-19-18-61-17-16-60-15-14-59-13-12-58-11-10-49-27-35(25-48-49)45(56)57/h4-9,22,25,27,29-30,36,38,40,52,56-57H,10-21,23-24,26,28H2,1-3H3,(H,46,53)/t36-,38+,40?/m1/s1. The summed E-state index contributed by atoms with van der Waals surface area (Å²) in [5, 5.41) is 36.0. The van der Waals surface area contributed by atoms with E-state index < -0.39 is 31.2 Å². The van der Waals surface area contributed by atoms with Gasteiger partial charge in [0.05, 0.1) is 94.8 Å². The number of likely N-dealkylation sites (tertiary alicyclic amines) is 1. The highest BCUT2D eigenvalue weighted by molar-refractivity contribution is 7.13. The molecule has 0 radical (unpaired) electrons. The number of aryl methyl sites for hydroxylation is 1. The van der Waals surface area contributed by atoms with Gasteiger partial charge in [-0.25, -0.2) is 4.98 Å². The van der Waals surface area contributed by atoms with Crippen molar-refractivity contribution in [2.45, 2.75) is 65.0 Å². The molecule has 4 heterocycles. The molecule has 3 atom stereocenters. The first-order valence-corrected chi connectivity index (χ1v) is 22.5. The van der Waals surface area contributed by atoms with Gasteiger partial charge in [0.25, 0.3) is 5.91 Å². The minimum atomic E-state index is -1.54. The maximum absolute atomic E-state index is 14.2. The van der Waals surface area contributed by atoms with Gasteiger partial charge in [-0.15, -0.1) is 11.3 Å². The van der Waals surface area contributed by atoms with Gasteiger partial charge in [0.2, 0.25) is 11.8 Å². The zero-order chi connectivity index (χ0) is 45.4. The number of nitrogens with one attached hydrogen (secondary N) is 1. The quantitative estimate of drug-likeness (QED) is 0.0492. The molecule has 20 heteroatoms. The van der Waals surface area contributed by atoms with Crippen LogP contribution in [0, 0.1) is 12.8 Å². The summed E-state index contributed by atoms with van der Waals surface area (Å²) in [6.07, 6.45) is 2.16. The number of fused-ring (bicyclic) bond motifs is 1. The van der Waals surface area contributed by atoms with Gasteiger partial charge >= 0.3 is 7.12 Å². The molecular weight excluding hydrogens is 847 g/mol. The number of thiazole rings is 1. The van der Waals surface area contributed by atoms with E-state index in [4.69, 9.17) is 38.5 Å². The Bertz CT molecular complexity index is 2120. The summed E-state index contributed by atoms with van der Waals surface area (Å²) in [5.74, 6) is -0.636. The van der Waals surface area contributed by atoms with Crippen LogP contribution in [0.4, 0.5) is 0 Å². The molecule has 0 bridgehead atoms. The third kappa shape index (κ3) is 13.4. The predicted molar refractivity (Wildman–Crippen MR) is 237 cm³/mol. The molecule has 0 aliphatic carbocycles. The number of β-amino-alcohol motifs (C(OH)–C–C–N with tert-alkyl or cyclic N) is 1. The zero-order valence-corrected chi connectivity index (χ0v) is 37.5. The number of hydrogen-bond acceptors (Lipinski definition) is 15. The number of aliphatic hydroxyl groups is 1. The van der Waals surface area contributed by atoms with Crippen LogP contribution in [0.15, 0.2) is 60.4 Å². The lowest BCUT2D eigenvalue weighted by Gasteiger charge is -2.35. The fourth-order valence-corrected chi connectivity index (χ4v) is 8.40. The summed E-state index contributed by atoms with van der Waals surface area (Å²) in [4.78, 5) is 49.8. The molecule has 2 aliphatic rings. The number of rotatable bonds is 27. The Morgan fingerprint density at radius 1 is 0.922 bits per heavy atom. The number of hydrogen-bond donors (Lipinski definition) is 4. The van der Waals surface area contributed by atoms with Gasteiger partial charge in [-0.3, -0.25) is 19.1 Å². The van der Waals surface area contributed by atoms with Crippen LogP contribution < -0.4 is 15.5 Å². The molecule has 2 aromatic carbocycles. The normalized spacial score (nSPS) is 16.5. The van der Waals surface area contributed by atoms with Crippen molar-refractivity contribution in [1.82, 2.24) is 29.9 Å². The van der Waals surface area contributed by atoms with Gasteiger partial charge in [-0.2, -0.15) is 5.10 Å². The highest BCUT2D eigenvalue weighted by Crippen LogP contribution is 2.33. The van der Waals surface area contributed by atoms with E-state index >= 15 is 0 Å². The Hall–Kier alpha value is -4.77. The largest absolute Gasteiger partial charge is 0.491 e. The molecule has 1 saturated heterocycles. The van der Waals surface area contributed by atoms with Gasteiger partial charge < -0.3 is 58.7 Å². The van der Waals surface area contributed by atoms with Crippen LogP contribution in [0.5, 0.6) is 5.75 Å². The van der Waals surface area contributed by atoms with Crippen LogP contribution in [0.3, 0.4) is 0 Å². The minimum Gasteiger partial charge on any atom is -0.491 e. The number of amides is 3. The number of carbonyl (C=O) groups is 3. The summed E-state index contributed by atoms with van der Waals surface area (Å²) < 4.78 is 35.7. The first-order chi connectivity index (χ1) is 31.0. The van der Waals surface area contributed by atoms with Crippen molar-refractivity contribution in [1.29, 1.82) is 0 Å². The Kier molecular flexibility index (Phi) is 18.6. The van der Waals surface area contributed by atoms with Crippen LogP contribution in [0.25, 0.3) is 10.4 Å². The second-order valence-corrected chi connectivity index (χ2v) is 16.7. The fourth-order valence-electron chi connectivity index (χ4n) is 7.60. The third-order valence-electron chi connectivity index (χ3n) is 10.9. The van der Waals surface area contributed by atoms with Gasteiger partial charge in [0.15, 0.2) is 0 Å². The second-order valence-electron chi connectivity index (χ2n) is 15.8. The van der Waals surface area contributed by atoms with Crippen molar-refractivity contribution in [2.24, 2.45) is 5.92 Å². The van der Waals surface area contributed by atoms with E-state index in [1.54, 1.807) is 33.4 Å². The molecule has 64 heavy (non-hydrogen) atoms. The molecule has 2 aromatic heterocycles. The third-order valence-corrected chi connectivity index (χ3v) is 11.8. The monoisotopic (exact) mass is 906 g/mol. The molecular formula is C44H59BN6O12S. The summed E-state index contributed by atoms with van der Waals surface area (Å²) in [7, 11) is -1.54. The molecule has 346 valence electrons. The first kappa shape index (κ1) is 48.7. The Balaban J connectivity index is 0.892. The minimum absolute atomic E-state index is 0.00217. The lowest BCUT2D eigenvalue weighted by Crippen LogP contribution is -2.55. The molecule has 4 aromatic rings. The summed E-state index contributed by atoms with van der Waals surface area (Å²) >= 11 is 1.52. The second kappa shape index (κ2) is 24.5. The number of aliphatic hydroxyl groups excluding tert-OH is 1. The Labute approximate surface area is 377 Å². The lowest BCUT2D eigenvalue weighted by atomic mass is 9.83. The summed E-state index contributed by atoms with van der Waals surface area (Å²) in [6.45, 7) is 10.8. The van der Waals surface area contributed by atoms with Crippen LogP contribution in [-0.2, 0) is 52.9 Å². The van der Waals surface area contributed by atoms with E-state index in [0.29, 0.717) is 95.9 Å². The van der Waals surface area contributed by atoms with Crippen LogP contribution in [0.2, 0.25) is 0 Å². The summed E-state index contributed by atoms with van der Waals surface area (Å²) in [6, 6.07) is 11.4. The molecule has 0 saturated carbocycles. The Morgan fingerprint density at radius 3 is 2.19 bits per heavy atom. The van der Waals surface area contributed by atoms with Gasteiger partial charge in [-0.1, -0.05) is 44.2 Å². The lowest BCUT2D eigenvalue weighted by molar-refractivity contribution is -0.143. The number of nitrogens with zero attached hydrogens (tertiary/aromatic N) is 5. The number of ether oxygens (including phenoxy) is 6. The van der Waals surface area contributed by atoms with E-state index in [1.165, 1.54) is 22.4 Å². The first-order valence-electron chi connectivity index (χ1n) is 21.6. The average Bonchev–Trinajstić information content (AvgIpc) is 4.09. The number of benzene rings is 2. The zero-order valence-electron chi connectivity index (χ0n) is 36.6. The molecule has 3 amide bonds. The molecule has 6 rings (SSSR count). The van der Waals surface area contributed by atoms with Crippen molar-refractivity contribution in [3.05, 3.63) is 82.8 Å². The van der Waals surface area contributed by atoms with Crippen LogP contribution in [0.1, 0.15) is 47.4 Å². The smallest absolute Gasteiger partial charge is 0.491 e. The molecule has 0 spiro atoms. The van der Waals surface area contributed by atoms with Crippen molar-refractivity contribution in [3.8, 4) is 16.2 Å². The van der Waals surface area contributed by atoms with E-state index in [0.717, 1.165) is 27.3 Å². The maximum Gasteiger partial charge on any atom is 0.491 e. The molecule has 4 N–H and O–H groups in total. The number of carbonyl (C=O) groups excluding carboxylic acids is 3. The van der Waals surface area contributed by atoms with Gasteiger partial charge in [-0.05, 0) is 36.1 Å². The van der Waals surface area contributed by atoms with E-state index in [2.05, 4.69) is 15.4 Å². The van der Waals surface area contributed by atoms with Crippen molar-refractivity contribution >= 4 is 41.6 Å². The van der Waals surface area contributed by atoms with E-state index in [1.807, 2.05) is 51.1 Å². The number of aromatic nitrogens is 3. The van der Waals surface area contributed by atoms with Crippen LogP contribution in [-0.4, -0.2) is 162 Å². The van der Waals surface area contributed by atoms with E-state index in [-0.39, 0.29) is 43.8 Å². The van der Waals surface area contributed by atoms with Crippen molar-refractivity contribution in [3.63, 3.8) is 0 Å². The molecule has 1 unspecified atom stereocenters. The highest BCUT2D eigenvalue weighted by atomic mass is 32.1. The van der Waals surface area contributed by atoms with Crippen molar-refractivity contribution in [2.75, 3.05) is 79.2 Å². The van der Waals surface area contributed by atoms with E-state index in [9.17, 15) is 19.5 Å². The average molecular weight is 907 g/mol. The molecule has 2 aliphatic heterocycles. The molecule has 1 fully saturated rings. The maximum atomic E-state index is 14.2. The summed E-state index contributed by atoms with van der Waals surface area (Å²) in [5.41, 5.74) is 6.10. The Morgan fingerprint density at radius 2 is 1.58 bits per heavy atom. The molecule has 18 nitrogen and oxygen atoms in total. The fraction of sp³-hybridized carbons (Fsp3) is 0.523.